The van der Waals surface area contributed by atoms with Gasteiger partial charge in [0.15, 0.2) is 6.29 Å². The molecule has 9 heteroatoms. The normalized spacial score (nSPS) is 10.6. The molecule has 0 spiro atoms. The van der Waals surface area contributed by atoms with Crippen LogP contribution in [0.15, 0.2) is 114 Å². The Morgan fingerprint density at radius 3 is 1.63 bits per heavy atom. The maximum atomic E-state index is 10.4. The van der Waals surface area contributed by atoms with Crippen LogP contribution in [0.4, 0.5) is 0 Å². The van der Waals surface area contributed by atoms with Gasteiger partial charge in [-0.1, -0.05) is 93.6 Å². The van der Waals surface area contributed by atoms with E-state index in [1.54, 1.807) is 6.07 Å². The van der Waals surface area contributed by atoms with Crippen molar-refractivity contribution in [1.29, 1.82) is 0 Å². The van der Waals surface area contributed by atoms with Crippen LogP contribution < -0.4 is 5.73 Å². The number of aldehydes is 1. The first-order valence-corrected chi connectivity index (χ1v) is 21.5. The van der Waals surface area contributed by atoms with E-state index in [1.165, 1.54) is 46.6 Å². The number of aromatic nitrogens is 3. The van der Waals surface area contributed by atoms with Gasteiger partial charge in [-0.25, -0.2) is 9.97 Å². The zero-order chi connectivity index (χ0) is 37.1. The molecule has 6 rings (SSSR count). The Morgan fingerprint density at radius 1 is 0.577 bits per heavy atom. The summed E-state index contributed by atoms with van der Waals surface area (Å²) in [4.78, 5) is 28.1. The van der Waals surface area contributed by atoms with Crippen molar-refractivity contribution in [1.82, 2.24) is 15.0 Å². The molecule has 0 atom stereocenters. The van der Waals surface area contributed by atoms with Gasteiger partial charge in [-0.15, -0.1) is 0 Å². The van der Waals surface area contributed by atoms with E-state index in [1.807, 2.05) is 96.1 Å². The molecule has 3 aromatic carbocycles. The summed E-state index contributed by atoms with van der Waals surface area (Å²) < 4.78 is 0. The predicted octanol–water partition coefficient (Wildman–Crippen LogP) is 10.5. The fraction of sp³-hybridized carbons (Fsp3) is 0.326. The van der Waals surface area contributed by atoms with Crippen molar-refractivity contribution in [2.24, 2.45) is 10.7 Å². The minimum absolute atomic E-state index is 0.480. The van der Waals surface area contributed by atoms with Gasteiger partial charge in [0.25, 0.3) is 0 Å². The highest BCUT2D eigenvalue weighted by Crippen LogP contribution is 2.15. The molecule has 6 nitrogen and oxygen atoms in total. The zero-order valence-corrected chi connectivity index (χ0v) is 33.3. The van der Waals surface area contributed by atoms with E-state index in [2.05, 4.69) is 89.2 Å². The number of nitrogens with two attached hydrogens (primary N) is 1. The van der Waals surface area contributed by atoms with Crippen molar-refractivity contribution in [3.63, 3.8) is 0 Å². The molecular formula is C43H53N5OS3. The van der Waals surface area contributed by atoms with E-state index in [0.717, 1.165) is 70.7 Å². The van der Waals surface area contributed by atoms with E-state index in [-0.39, 0.29) is 0 Å². The van der Waals surface area contributed by atoms with Gasteiger partial charge in [0.2, 0.25) is 0 Å². The molecule has 2 N–H and O–H groups in total. The molecule has 0 saturated heterocycles. The molecule has 0 aliphatic rings. The van der Waals surface area contributed by atoms with Crippen LogP contribution in [0.25, 0.3) is 32.7 Å². The number of unbranched alkanes of at least 4 members (excludes halogenated alkanes) is 1. The minimum atomic E-state index is 0.480. The van der Waals surface area contributed by atoms with Crippen molar-refractivity contribution in [2.75, 3.05) is 47.6 Å². The van der Waals surface area contributed by atoms with Gasteiger partial charge in [0, 0.05) is 52.7 Å². The molecule has 6 aromatic rings. The zero-order valence-electron chi connectivity index (χ0n) is 30.8. The average Bonchev–Trinajstić information content (AvgIpc) is 3.20. The fourth-order valence-electron chi connectivity index (χ4n) is 4.85. The Labute approximate surface area is 323 Å². The van der Waals surface area contributed by atoms with E-state index in [0.29, 0.717) is 5.69 Å². The third kappa shape index (κ3) is 16.7. The molecule has 3 aromatic heterocycles. The second kappa shape index (κ2) is 26.9. The van der Waals surface area contributed by atoms with Crippen LogP contribution in [-0.2, 0) is 6.42 Å². The number of benzene rings is 3. The number of aryl methyl sites for hydroxylation is 1. The molecule has 0 aliphatic carbocycles. The number of carbonyl (C=O) groups is 1. The van der Waals surface area contributed by atoms with Crippen LogP contribution in [-0.4, -0.2) is 75.1 Å². The van der Waals surface area contributed by atoms with Crippen LogP contribution in [0.1, 0.15) is 55.5 Å². The predicted molar refractivity (Wildman–Crippen MR) is 234 cm³/mol. The molecule has 0 radical (unpaired) electrons. The lowest BCUT2D eigenvalue weighted by atomic mass is 10.1. The maximum absolute atomic E-state index is 10.4. The van der Waals surface area contributed by atoms with E-state index in [9.17, 15) is 4.79 Å². The van der Waals surface area contributed by atoms with Crippen LogP contribution in [0.2, 0.25) is 0 Å². The summed E-state index contributed by atoms with van der Waals surface area (Å²) >= 11 is 5.82. The summed E-state index contributed by atoms with van der Waals surface area (Å²) in [5.74, 6) is 7.05. The van der Waals surface area contributed by atoms with E-state index >= 15 is 0 Å². The summed E-state index contributed by atoms with van der Waals surface area (Å²) in [7, 11) is 0. The first kappa shape index (κ1) is 42.7. The van der Waals surface area contributed by atoms with E-state index in [4.69, 9.17) is 5.73 Å². The summed E-state index contributed by atoms with van der Waals surface area (Å²) in [6.07, 6.45) is 6.27. The Balaban J connectivity index is 0.000000197. The minimum Gasteiger partial charge on any atom is -0.330 e. The fourth-order valence-corrected chi connectivity index (χ4v) is 6.53. The summed E-state index contributed by atoms with van der Waals surface area (Å²) in [5.41, 5.74) is 10.8. The molecule has 0 amide bonds. The molecule has 3 heterocycles. The molecule has 0 fully saturated rings. The lowest BCUT2D eigenvalue weighted by Gasteiger charge is -2.03. The number of fused-ring (bicyclic) bond motifs is 3. The summed E-state index contributed by atoms with van der Waals surface area (Å²) in [6, 6.07) is 36.2. The number of hydrogen-bond donors (Lipinski definition) is 1. The molecule has 0 aliphatic heterocycles. The number of nitrogens with zero attached hydrogens (tertiary/aromatic N) is 4. The number of pyridine rings is 3. The molecule has 0 saturated carbocycles. The van der Waals surface area contributed by atoms with E-state index < -0.39 is 0 Å². The highest BCUT2D eigenvalue weighted by Gasteiger charge is 1.99. The second-order valence-corrected chi connectivity index (χ2v) is 15.5. The van der Waals surface area contributed by atoms with Crippen molar-refractivity contribution in [2.45, 2.75) is 40.0 Å². The second-order valence-electron chi connectivity index (χ2n) is 11.3. The number of hydrogen-bond acceptors (Lipinski definition) is 9. The first-order valence-electron chi connectivity index (χ1n) is 18.1. The average molecular weight is 752 g/mol. The SMILES string of the molecule is CCSCCCCc1ccc2ccccc2n1.CCSCCN.CCSCCN=Cc1ccc2ccccc2n1.O=Cc1ccc2ccccc2n1. The van der Waals surface area contributed by atoms with Gasteiger partial charge in [-0.2, -0.15) is 35.3 Å². The Hall–Kier alpha value is -3.76. The highest BCUT2D eigenvalue weighted by atomic mass is 32.2. The number of rotatable bonds is 15. The Bertz CT molecular complexity index is 1900. The summed E-state index contributed by atoms with van der Waals surface area (Å²) in [6.45, 7) is 8.21. The van der Waals surface area contributed by atoms with Gasteiger partial charge in [0.1, 0.15) is 5.69 Å². The van der Waals surface area contributed by atoms with Crippen LogP contribution in [0.5, 0.6) is 0 Å². The summed E-state index contributed by atoms with van der Waals surface area (Å²) in [5, 5.41) is 3.46. The van der Waals surface area contributed by atoms with Gasteiger partial charge in [-0.05, 0) is 78.7 Å². The highest BCUT2D eigenvalue weighted by molar-refractivity contribution is 7.99. The van der Waals surface area contributed by atoms with Crippen molar-refractivity contribution < 1.29 is 4.79 Å². The Morgan fingerprint density at radius 2 is 1.08 bits per heavy atom. The molecule has 0 bridgehead atoms. The van der Waals surface area contributed by atoms with Crippen LogP contribution in [0.3, 0.4) is 0 Å². The van der Waals surface area contributed by atoms with Gasteiger partial charge >= 0.3 is 0 Å². The quantitative estimate of drug-likeness (QED) is 0.0630. The van der Waals surface area contributed by atoms with Gasteiger partial charge in [0.05, 0.1) is 22.2 Å². The Kier molecular flexibility index (Phi) is 22.1. The smallest absolute Gasteiger partial charge is 0.168 e. The van der Waals surface area contributed by atoms with Crippen LogP contribution >= 0.6 is 35.3 Å². The van der Waals surface area contributed by atoms with Gasteiger partial charge in [-0.3, -0.25) is 14.8 Å². The third-order valence-corrected chi connectivity index (χ3v) is 10.2. The topological polar surface area (TPSA) is 94.1 Å². The first-order chi connectivity index (χ1) is 25.6. The van der Waals surface area contributed by atoms with Crippen LogP contribution in [0, 0.1) is 0 Å². The monoisotopic (exact) mass is 751 g/mol. The number of aliphatic imine (C=N–C) groups is 1. The molecule has 274 valence electrons. The lowest BCUT2D eigenvalue weighted by molar-refractivity contribution is 0.111. The molecule has 0 unspecified atom stereocenters. The van der Waals surface area contributed by atoms with Gasteiger partial charge < -0.3 is 5.73 Å². The maximum Gasteiger partial charge on any atom is 0.168 e. The number of para-hydroxylation sites is 3. The number of thioether (sulfide) groups is 3. The molecule has 52 heavy (non-hydrogen) atoms. The standard InChI is InChI=1S/C15H19NS.C14H16N2S.C10H7NO.C4H11NS/c1-2-17-12-6-5-8-14-11-10-13-7-3-4-9-15(13)16-14;1-2-17-10-9-15-11-13-8-7-12-5-3-4-6-14(12)16-13;12-7-9-6-5-8-3-1-2-4-10(8)11-9;1-2-6-4-3-5/h3-4,7,9-11H,2,5-6,8,12H2,1H3;3-8,11H,2,9-10H2,1H3;1-7H;2-5H2,1H3. The number of carbonyl (C=O) groups excluding carboxylic acids is 1. The van der Waals surface area contributed by atoms with Crippen molar-refractivity contribution in [3.8, 4) is 0 Å². The van der Waals surface area contributed by atoms with Crippen molar-refractivity contribution in [3.05, 3.63) is 126 Å². The lowest BCUT2D eigenvalue weighted by Crippen LogP contribution is -2.00. The van der Waals surface area contributed by atoms with Crippen molar-refractivity contribution >= 4 is 80.5 Å². The largest absolute Gasteiger partial charge is 0.330 e. The molecular weight excluding hydrogens is 699 g/mol. The third-order valence-electron chi connectivity index (χ3n) is 7.45.